The van der Waals surface area contributed by atoms with Crippen LogP contribution in [0.1, 0.15) is 37.0 Å². The second kappa shape index (κ2) is 6.40. The Morgan fingerprint density at radius 1 is 1.29 bits per heavy atom. The predicted octanol–water partition coefficient (Wildman–Crippen LogP) is 3.25. The van der Waals surface area contributed by atoms with Crippen molar-refractivity contribution in [2.24, 2.45) is 0 Å². The minimum absolute atomic E-state index is 0.0967. The summed E-state index contributed by atoms with van der Waals surface area (Å²) in [4.78, 5) is 22.4. The van der Waals surface area contributed by atoms with Crippen LogP contribution in [0, 0.1) is 0 Å². The van der Waals surface area contributed by atoms with Crippen molar-refractivity contribution >= 4 is 23.4 Å². The second-order valence-corrected chi connectivity index (χ2v) is 4.40. The van der Waals surface area contributed by atoms with Crippen LogP contribution in [0.15, 0.2) is 24.3 Å². The molecule has 0 radical (unpaired) electrons. The Balaban J connectivity index is 2.48. The Morgan fingerprint density at radius 3 is 2.41 bits per heavy atom. The number of halogens is 1. The summed E-state index contributed by atoms with van der Waals surface area (Å²) >= 11 is 5.72. The molecule has 0 amide bonds. The molecule has 0 N–H and O–H groups in total. The first kappa shape index (κ1) is 13.7. The first-order valence-corrected chi connectivity index (χ1v) is 5.83. The van der Waals surface area contributed by atoms with Crippen molar-refractivity contribution in [3.63, 3.8) is 0 Å². The van der Waals surface area contributed by atoms with Crippen molar-refractivity contribution in [3.8, 4) is 0 Å². The largest absolute Gasteiger partial charge is 0.459 e. The summed E-state index contributed by atoms with van der Waals surface area (Å²) in [6.45, 7) is 3.30. The quantitative estimate of drug-likeness (QED) is 0.758. The number of benzene rings is 1. The van der Waals surface area contributed by atoms with Crippen LogP contribution < -0.4 is 0 Å². The van der Waals surface area contributed by atoms with Crippen LogP contribution in [-0.2, 0) is 9.53 Å². The average Bonchev–Trinajstić information content (AvgIpc) is 2.27. The normalized spacial score (nSPS) is 11.9. The van der Waals surface area contributed by atoms with Gasteiger partial charge in [0.25, 0.3) is 0 Å². The van der Waals surface area contributed by atoms with Crippen molar-refractivity contribution in [1.29, 1.82) is 0 Å². The smallest absolute Gasteiger partial charge is 0.338 e. The monoisotopic (exact) mass is 254 g/mol. The van der Waals surface area contributed by atoms with Gasteiger partial charge >= 0.3 is 5.97 Å². The van der Waals surface area contributed by atoms with E-state index >= 15 is 0 Å². The van der Waals surface area contributed by atoms with Crippen molar-refractivity contribution in [2.45, 2.75) is 32.8 Å². The number of hydrogen-bond acceptors (Lipinski definition) is 3. The molecule has 0 aliphatic carbocycles. The Bertz CT molecular complexity index is 398. The molecule has 17 heavy (non-hydrogen) atoms. The van der Waals surface area contributed by atoms with Crippen LogP contribution >= 0.6 is 11.6 Å². The minimum Gasteiger partial charge on any atom is -0.459 e. The summed E-state index contributed by atoms with van der Waals surface area (Å²) in [6, 6.07) is 6.50. The maximum Gasteiger partial charge on any atom is 0.338 e. The van der Waals surface area contributed by atoms with Gasteiger partial charge in [-0.1, -0.05) is 11.6 Å². The minimum atomic E-state index is -0.391. The molecule has 0 bridgehead atoms. The molecule has 0 saturated heterocycles. The molecular formula is C13H15ClO3. The number of Topliss-reactive ketones (excluding diaryl/α,β-unsaturated/α-hetero) is 1. The lowest BCUT2D eigenvalue weighted by molar-refractivity contribution is -0.117. The van der Waals surface area contributed by atoms with Gasteiger partial charge in [-0.15, -0.1) is 0 Å². The van der Waals surface area contributed by atoms with Crippen LogP contribution in [0.3, 0.4) is 0 Å². The summed E-state index contributed by atoms with van der Waals surface area (Å²) in [6.07, 6.45) is 0.714. The van der Waals surface area contributed by atoms with Crippen LogP contribution in [-0.4, -0.2) is 17.9 Å². The maximum absolute atomic E-state index is 11.7. The van der Waals surface area contributed by atoms with E-state index in [1.54, 1.807) is 31.2 Å². The number of carbonyl (C=O) groups excluding carboxylic acids is 2. The second-order valence-electron chi connectivity index (χ2n) is 3.96. The molecule has 0 aromatic heterocycles. The summed E-state index contributed by atoms with van der Waals surface area (Å²) in [5.41, 5.74) is 0.462. The fraction of sp³-hybridized carbons (Fsp3) is 0.385. The zero-order valence-electron chi connectivity index (χ0n) is 9.90. The average molecular weight is 255 g/mol. The first-order chi connectivity index (χ1) is 7.99. The SMILES string of the molecule is CC(=O)CCC(C)OC(=O)c1ccc(Cl)cc1. The summed E-state index contributed by atoms with van der Waals surface area (Å²) in [5.74, 6) is -0.294. The van der Waals surface area contributed by atoms with Gasteiger partial charge in [0.2, 0.25) is 0 Å². The van der Waals surface area contributed by atoms with Crippen LogP contribution in [0.2, 0.25) is 5.02 Å². The Hall–Kier alpha value is -1.35. The van der Waals surface area contributed by atoms with Crippen molar-refractivity contribution in [1.82, 2.24) is 0 Å². The van der Waals surface area contributed by atoms with Gasteiger partial charge in [0.1, 0.15) is 5.78 Å². The lowest BCUT2D eigenvalue weighted by Crippen LogP contribution is -2.15. The zero-order valence-corrected chi connectivity index (χ0v) is 10.7. The highest BCUT2D eigenvalue weighted by Gasteiger charge is 2.12. The number of ketones is 1. The Morgan fingerprint density at radius 2 is 1.88 bits per heavy atom. The maximum atomic E-state index is 11.7. The number of ether oxygens (including phenoxy) is 1. The summed E-state index contributed by atoms with van der Waals surface area (Å²) in [7, 11) is 0. The number of esters is 1. The standard InChI is InChI=1S/C13H15ClO3/c1-9(15)3-4-10(2)17-13(16)11-5-7-12(14)8-6-11/h5-8,10H,3-4H2,1-2H3. The van der Waals surface area contributed by atoms with Crippen molar-refractivity contribution in [3.05, 3.63) is 34.9 Å². The molecular weight excluding hydrogens is 240 g/mol. The molecule has 0 aliphatic rings. The topological polar surface area (TPSA) is 43.4 Å². The highest BCUT2D eigenvalue weighted by atomic mass is 35.5. The highest BCUT2D eigenvalue weighted by molar-refractivity contribution is 6.30. The van der Waals surface area contributed by atoms with E-state index in [0.29, 0.717) is 23.4 Å². The molecule has 1 aromatic rings. The molecule has 0 fully saturated rings. The Labute approximate surface area is 106 Å². The van der Waals surface area contributed by atoms with Crippen LogP contribution in [0.5, 0.6) is 0 Å². The zero-order chi connectivity index (χ0) is 12.8. The van der Waals surface area contributed by atoms with E-state index in [1.165, 1.54) is 6.92 Å². The van der Waals surface area contributed by atoms with E-state index in [4.69, 9.17) is 16.3 Å². The van der Waals surface area contributed by atoms with Crippen LogP contribution in [0.4, 0.5) is 0 Å². The molecule has 3 nitrogen and oxygen atoms in total. The third-order valence-corrected chi connectivity index (χ3v) is 2.54. The fourth-order valence-electron chi connectivity index (χ4n) is 1.30. The summed E-state index contributed by atoms with van der Waals surface area (Å²) < 4.78 is 5.19. The molecule has 0 spiro atoms. The molecule has 0 saturated carbocycles. The lowest BCUT2D eigenvalue weighted by Gasteiger charge is -2.12. The van der Waals surface area contributed by atoms with Gasteiger partial charge in [-0.25, -0.2) is 4.79 Å². The predicted molar refractivity (Wildman–Crippen MR) is 66.2 cm³/mol. The molecule has 0 heterocycles. The molecule has 4 heteroatoms. The van der Waals surface area contributed by atoms with E-state index in [1.807, 2.05) is 0 Å². The van der Waals surface area contributed by atoms with Gasteiger partial charge < -0.3 is 9.53 Å². The van der Waals surface area contributed by atoms with E-state index in [9.17, 15) is 9.59 Å². The van der Waals surface area contributed by atoms with Gasteiger partial charge in [-0.2, -0.15) is 0 Å². The number of carbonyl (C=O) groups is 2. The molecule has 1 aromatic carbocycles. The Kier molecular flexibility index (Phi) is 5.16. The van der Waals surface area contributed by atoms with E-state index in [0.717, 1.165) is 0 Å². The van der Waals surface area contributed by atoms with Crippen LogP contribution in [0.25, 0.3) is 0 Å². The van der Waals surface area contributed by atoms with Gasteiger partial charge in [-0.3, -0.25) is 0 Å². The van der Waals surface area contributed by atoms with Gasteiger partial charge in [0, 0.05) is 11.4 Å². The van der Waals surface area contributed by atoms with Gasteiger partial charge in [0.05, 0.1) is 11.7 Å². The van der Waals surface area contributed by atoms with E-state index < -0.39 is 5.97 Å². The third-order valence-electron chi connectivity index (χ3n) is 2.29. The van der Waals surface area contributed by atoms with Gasteiger partial charge in [0.15, 0.2) is 0 Å². The molecule has 1 atom stereocenters. The molecule has 1 unspecified atom stereocenters. The lowest BCUT2D eigenvalue weighted by atomic mass is 10.1. The van der Waals surface area contributed by atoms with E-state index in [-0.39, 0.29) is 11.9 Å². The van der Waals surface area contributed by atoms with Crippen molar-refractivity contribution < 1.29 is 14.3 Å². The number of rotatable bonds is 5. The van der Waals surface area contributed by atoms with E-state index in [2.05, 4.69) is 0 Å². The number of hydrogen-bond donors (Lipinski definition) is 0. The highest BCUT2D eigenvalue weighted by Crippen LogP contribution is 2.12. The summed E-state index contributed by atoms with van der Waals surface area (Å²) in [5, 5.41) is 0.575. The van der Waals surface area contributed by atoms with Gasteiger partial charge in [-0.05, 0) is 44.5 Å². The third kappa shape index (κ3) is 5.00. The molecule has 92 valence electrons. The van der Waals surface area contributed by atoms with Crippen molar-refractivity contribution in [2.75, 3.05) is 0 Å². The molecule has 0 aliphatic heterocycles. The first-order valence-electron chi connectivity index (χ1n) is 5.45. The fourth-order valence-corrected chi connectivity index (χ4v) is 1.43. The molecule has 1 rings (SSSR count).